The Morgan fingerprint density at radius 2 is 2.00 bits per heavy atom. The molecule has 8 heteroatoms. The summed E-state index contributed by atoms with van der Waals surface area (Å²) in [5.41, 5.74) is 3.03. The first-order chi connectivity index (χ1) is 15.6. The summed E-state index contributed by atoms with van der Waals surface area (Å²) in [6.45, 7) is 4.57. The van der Waals surface area contributed by atoms with Crippen LogP contribution in [0.15, 0.2) is 36.4 Å². The zero-order chi connectivity index (χ0) is 22.1. The molecule has 0 saturated carbocycles. The summed E-state index contributed by atoms with van der Waals surface area (Å²) in [6, 6.07) is 11.2. The topological polar surface area (TPSA) is 82.9 Å². The molecule has 5 rings (SSSR count). The van der Waals surface area contributed by atoms with Crippen molar-refractivity contribution in [1.29, 1.82) is 0 Å². The van der Waals surface area contributed by atoms with Crippen LogP contribution in [0.4, 0.5) is 0 Å². The fourth-order valence-electron chi connectivity index (χ4n) is 4.31. The highest BCUT2D eigenvalue weighted by atomic mass is 16.7. The van der Waals surface area contributed by atoms with E-state index in [1.165, 1.54) is 0 Å². The maximum atomic E-state index is 12.2. The minimum absolute atomic E-state index is 0.210. The number of nitrogens with zero attached hydrogens (tertiary/aromatic N) is 3. The van der Waals surface area contributed by atoms with E-state index in [-0.39, 0.29) is 18.7 Å². The summed E-state index contributed by atoms with van der Waals surface area (Å²) in [7, 11) is 0. The predicted octanol–water partition coefficient (Wildman–Crippen LogP) is 3.62. The van der Waals surface area contributed by atoms with E-state index in [1.807, 2.05) is 29.2 Å². The van der Waals surface area contributed by atoms with E-state index in [4.69, 9.17) is 19.2 Å². The molecular weight excluding hydrogens is 410 g/mol. The molecule has 2 aromatic carbocycles. The zero-order valence-electron chi connectivity index (χ0n) is 18.0. The first-order valence-corrected chi connectivity index (χ1v) is 11.0. The van der Waals surface area contributed by atoms with Gasteiger partial charge < -0.3 is 23.7 Å². The average molecular weight is 435 g/mol. The van der Waals surface area contributed by atoms with Crippen molar-refractivity contribution in [3.63, 3.8) is 0 Å². The van der Waals surface area contributed by atoms with Crippen LogP contribution in [0.3, 0.4) is 0 Å². The first kappa shape index (κ1) is 20.4. The monoisotopic (exact) mass is 435 g/mol. The predicted molar refractivity (Wildman–Crippen MR) is 118 cm³/mol. The second-order valence-corrected chi connectivity index (χ2v) is 7.92. The van der Waals surface area contributed by atoms with Crippen LogP contribution in [0.5, 0.6) is 11.5 Å². The molecule has 1 amide bonds. The van der Waals surface area contributed by atoms with Crippen molar-refractivity contribution in [2.75, 3.05) is 26.5 Å². The molecule has 0 N–H and O–H groups in total. The van der Waals surface area contributed by atoms with Crippen LogP contribution in [-0.4, -0.2) is 52.8 Å². The third kappa shape index (κ3) is 3.77. The van der Waals surface area contributed by atoms with Gasteiger partial charge in [0.1, 0.15) is 5.82 Å². The van der Waals surface area contributed by atoms with Gasteiger partial charge in [0.25, 0.3) is 0 Å². The third-order valence-electron chi connectivity index (χ3n) is 5.87. The maximum absolute atomic E-state index is 12.2. The number of aryl methyl sites for hydroxylation is 1. The molecule has 2 aliphatic heterocycles. The lowest BCUT2D eigenvalue weighted by atomic mass is 10.2. The van der Waals surface area contributed by atoms with E-state index in [0.717, 1.165) is 48.4 Å². The van der Waals surface area contributed by atoms with Crippen LogP contribution in [0.25, 0.3) is 22.4 Å². The SMILES string of the molecule is CCOC(=O)c1ccc2c(c1)nc(-c1ccc3c(c1)OCO3)n2CCCN1CCCC1=O. The van der Waals surface area contributed by atoms with E-state index in [1.54, 1.807) is 19.1 Å². The summed E-state index contributed by atoms with van der Waals surface area (Å²) >= 11 is 0. The number of aromatic nitrogens is 2. The third-order valence-corrected chi connectivity index (χ3v) is 5.87. The second kappa shape index (κ2) is 8.53. The Kier molecular flexibility index (Phi) is 5.43. The van der Waals surface area contributed by atoms with Gasteiger partial charge in [-0.3, -0.25) is 4.79 Å². The number of fused-ring (bicyclic) bond motifs is 2. The number of ether oxygens (including phenoxy) is 3. The molecule has 8 nitrogen and oxygen atoms in total. The molecule has 0 unspecified atom stereocenters. The van der Waals surface area contributed by atoms with Gasteiger partial charge in [-0.1, -0.05) is 0 Å². The summed E-state index contributed by atoms with van der Waals surface area (Å²) in [6.07, 6.45) is 2.40. The molecule has 0 radical (unpaired) electrons. The molecule has 2 aliphatic rings. The molecule has 1 saturated heterocycles. The van der Waals surface area contributed by atoms with Gasteiger partial charge in [-0.15, -0.1) is 0 Å². The highest BCUT2D eigenvalue weighted by Crippen LogP contribution is 2.36. The number of carbonyl (C=O) groups excluding carboxylic acids is 2. The van der Waals surface area contributed by atoms with E-state index >= 15 is 0 Å². The van der Waals surface area contributed by atoms with E-state index in [0.29, 0.717) is 36.6 Å². The lowest BCUT2D eigenvalue weighted by Crippen LogP contribution is -2.26. The van der Waals surface area contributed by atoms with Gasteiger partial charge >= 0.3 is 5.97 Å². The van der Waals surface area contributed by atoms with Gasteiger partial charge in [-0.25, -0.2) is 9.78 Å². The molecule has 0 atom stereocenters. The molecule has 1 aromatic heterocycles. The number of carbonyl (C=O) groups is 2. The Bertz CT molecular complexity index is 1190. The van der Waals surface area contributed by atoms with Crippen LogP contribution in [0, 0.1) is 0 Å². The molecular formula is C24H25N3O5. The highest BCUT2D eigenvalue weighted by molar-refractivity contribution is 5.94. The van der Waals surface area contributed by atoms with Crippen LogP contribution in [-0.2, 0) is 16.1 Å². The minimum atomic E-state index is -0.360. The summed E-state index contributed by atoms with van der Waals surface area (Å²) in [5, 5.41) is 0. The number of hydrogen-bond donors (Lipinski definition) is 0. The minimum Gasteiger partial charge on any atom is -0.462 e. The van der Waals surface area contributed by atoms with Crippen molar-refractivity contribution in [2.24, 2.45) is 0 Å². The normalized spacial score (nSPS) is 15.0. The molecule has 3 heterocycles. The molecule has 166 valence electrons. The quantitative estimate of drug-likeness (QED) is 0.527. The fraction of sp³-hybridized carbons (Fsp3) is 0.375. The van der Waals surface area contributed by atoms with Crippen molar-refractivity contribution in [3.8, 4) is 22.9 Å². The Morgan fingerprint density at radius 3 is 2.81 bits per heavy atom. The van der Waals surface area contributed by atoms with Crippen LogP contribution in [0.1, 0.15) is 36.5 Å². The van der Waals surface area contributed by atoms with Crippen molar-refractivity contribution in [1.82, 2.24) is 14.5 Å². The van der Waals surface area contributed by atoms with Gasteiger partial charge in [0, 0.05) is 31.6 Å². The van der Waals surface area contributed by atoms with E-state index in [2.05, 4.69) is 4.57 Å². The van der Waals surface area contributed by atoms with E-state index in [9.17, 15) is 9.59 Å². The Balaban J connectivity index is 1.50. The number of amides is 1. The van der Waals surface area contributed by atoms with Crippen molar-refractivity contribution in [3.05, 3.63) is 42.0 Å². The van der Waals surface area contributed by atoms with Crippen LogP contribution >= 0.6 is 0 Å². The van der Waals surface area contributed by atoms with Crippen molar-refractivity contribution >= 4 is 22.9 Å². The number of imidazole rings is 1. The second-order valence-electron chi connectivity index (χ2n) is 7.92. The Morgan fingerprint density at radius 1 is 1.12 bits per heavy atom. The summed E-state index contributed by atoms with van der Waals surface area (Å²) in [4.78, 5) is 31.0. The van der Waals surface area contributed by atoms with Gasteiger partial charge in [0.15, 0.2) is 11.5 Å². The number of benzene rings is 2. The number of esters is 1. The number of likely N-dealkylation sites (tertiary alicyclic amines) is 1. The van der Waals surface area contributed by atoms with Gasteiger partial charge in [-0.05, 0) is 56.2 Å². The standard InChI is InChI=1S/C24H25N3O5/c1-2-30-24(29)17-6-8-19-18(13-17)25-23(16-7-9-20-21(14-16)32-15-31-20)27(19)12-4-11-26-10-3-5-22(26)28/h6-9,13-14H,2-5,10-12,15H2,1H3. The fourth-order valence-corrected chi connectivity index (χ4v) is 4.31. The molecule has 0 bridgehead atoms. The van der Waals surface area contributed by atoms with Gasteiger partial charge in [-0.2, -0.15) is 0 Å². The molecule has 1 fully saturated rings. The van der Waals surface area contributed by atoms with E-state index < -0.39 is 0 Å². The number of rotatable bonds is 7. The van der Waals surface area contributed by atoms with Crippen molar-refractivity contribution < 1.29 is 23.8 Å². The van der Waals surface area contributed by atoms with Gasteiger partial charge in [0.2, 0.25) is 12.7 Å². The molecule has 0 spiro atoms. The molecule has 32 heavy (non-hydrogen) atoms. The van der Waals surface area contributed by atoms with Crippen LogP contribution < -0.4 is 9.47 Å². The lowest BCUT2D eigenvalue weighted by molar-refractivity contribution is -0.127. The Hall–Kier alpha value is -3.55. The zero-order valence-corrected chi connectivity index (χ0v) is 18.0. The molecule has 3 aromatic rings. The van der Waals surface area contributed by atoms with Crippen molar-refractivity contribution in [2.45, 2.75) is 32.7 Å². The average Bonchev–Trinajstić information content (AvgIpc) is 3.52. The highest BCUT2D eigenvalue weighted by Gasteiger charge is 2.21. The van der Waals surface area contributed by atoms with Crippen LogP contribution in [0.2, 0.25) is 0 Å². The largest absolute Gasteiger partial charge is 0.462 e. The van der Waals surface area contributed by atoms with Gasteiger partial charge in [0.05, 0.1) is 23.2 Å². The first-order valence-electron chi connectivity index (χ1n) is 11.0. The number of hydrogen-bond acceptors (Lipinski definition) is 6. The Labute approximate surface area is 185 Å². The summed E-state index contributed by atoms with van der Waals surface area (Å²) < 4.78 is 18.3. The smallest absolute Gasteiger partial charge is 0.338 e. The summed E-state index contributed by atoms with van der Waals surface area (Å²) in [5.74, 6) is 2.06. The lowest BCUT2D eigenvalue weighted by Gasteiger charge is -2.16. The maximum Gasteiger partial charge on any atom is 0.338 e. The molecule has 0 aliphatic carbocycles.